The fourth-order valence-electron chi connectivity index (χ4n) is 2.67. The molecule has 1 saturated heterocycles. The molecule has 1 aliphatic heterocycles. The molecule has 2 N–H and O–H groups in total. The first kappa shape index (κ1) is 16.0. The van der Waals surface area contributed by atoms with Gasteiger partial charge in [0.05, 0.1) is 6.04 Å². The zero-order valence-corrected chi connectivity index (χ0v) is 12.6. The Balaban J connectivity index is 2.77. The van der Waals surface area contributed by atoms with Crippen molar-refractivity contribution < 1.29 is 9.59 Å². The Morgan fingerprint density at radius 2 is 1.95 bits per heavy atom. The van der Waals surface area contributed by atoms with Crippen LogP contribution in [0.4, 0.5) is 0 Å². The second kappa shape index (κ2) is 6.89. The van der Waals surface area contributed by atoms with Crippen molar-refractivity contribution in [3.05, 3.63) is 0 Å². The van der Waals surface area contributed by atoms with Crippen LogP contribution in [-0.2, 0) is 9.59 Å². The molecule has 0 spiro atoms. The fraction of sp³-hybridized carbons (Fsp3) is 0.857. The van der Waals surface area contributed by atoms with Crippen molar-refractivity contribution in [3.8, 4) is 0 Å². The maximum Gasteiger partial charge on any atom is 0.239 e. The van der Waals surface area contributed by atoms with E-state index in [1.165, 1.54) is 0 Å². The van der Waals surface area contributed by atoms with Crippen molar-refractivity contribution in [2.24, 2.45) is 5.73 Å². The van der Waals surface area contributed by atoms with E-state index in [-0.39, 0.29) is 23.9 Å². The number of nitrogens with zero attached hydrogens (tertiary/aromatic N) is 2. The Hall–Kier alpha value is -1.10. The largest absolute Gasteiger partial charge is 0.338 e. The second-order valence-corrected chi connectivity index (χ2v) is 5.74. The third kappa shape index (κ3) is 4.20. The molecule has 0 radical (unpaired) electrons. The Bertz CT molecular complexity index is 329. The van der Waals surface area contributed by atoms with E-state index in [1.54, 1.807) is 13.8 Å². The van der Waals surface area contributed by atoms with Gasteiger partial charge in [-0.05, 0) is 40.0 Å². The Labute approximate surface area is 116 Å². The van der Waals surface area contributed by atoms with Crippen LogP contribution in [0.15, 0.2) is 0 Å². The number of hydrogen-bond acceptors (Lipinski definition) is 3. The lowest BCUT2D eigenvalue weighted by Gasteiger charge is -2.40. The summed E-state index contributed by atoms with van der Waals surface area (Å²) >= 11 is 0. The molecular weight excluding hydrogens is 242 g/mol. The van der Waals surface area contributed by atoms with Crippen molar-refractivity contribution in [2.45, 2.75) is 65.1 Å². The monoisotopic (exact) mass is 269 g/mol. The van der Waals surface area contributed by atoms with Crippen LogP contribution in [0.5, 0.6) is 0 Å². The van der Waals surface area contributed by atoms with Crippen molar-refractivity contribution in [3.63, 3.8) is 0 Å². The minimum atomic E-state index is -0.467. The number of piperidine rings is 1. The average Bonchev–Trinajstić information content (AvgIpc) is 2.34. The maximum absolute atomic E-state index is 12.1. The van der Waals surface area contributed by atoms with Gasteiger partial charge in [-0.2, -0.15) is 0 Å². The lowest BCUT2D eigenvalue weighted by molar-refractivity contribution is -0.139. The molecule has 1 heterocycles. The highest BCUT2D eigenvalue weighted by molar-refractivity contribution is 5.81. The Morgan fingerprint density at radius 1 is 1.32 bits per heavy atom. The summed E-state index contributed by atoms with van der Waals surface area (Å²) in [5.74, 6) is 0.0609. The van der Waals surface area contributed by atoms with Crippen LogP contribution in [0.3, 0.4) is 0 Å². The van der Waals surface area contributed by atoms with Crippen molar-refractivity contribution in [2.75, 3.05) is 13.1 Å². The van der Waals surface area contributed by atoms with Gasteiger partial charge in [0.1, 0.15) is 0 Å². The highest BCUT2D eigenvalue weighted by Gasteiger charge is 2.30. The van der Waals surface area contributed by atoms with Gasteiger partial charge in [0.2, 0.25) is 11.8 Å². The van der Waals surface area contributed by atoms with Gasteiger partial charge in [-0.3, -0.25) is 9.59 Å². The van der Waals surface area contributed by atoms with E-state index in [2.05, 4.69) is 0 Å². The Morgan fingerprint density at radius 3 is 2.42 bits per heavy atom. The summed E-state index contributed by atoms with van der Waals surface area (Å²) in [7, 11) is 0. The van der Waals surface area contributed by atoms with E-state index < -0.39 is 6.04 Å². The molecule has 2 unspecified atom stereocenters. The number of hydrogen-bond donors (Lipinski definition) is 1. The predicted molar refractivity (Wildman–Crippen MR) is 75.5 cm³/mol. The quantitative estimate of drug-likeness (QED) is 0.827. The topological polar surface area (TPSA) is 66.6 Å². The molecule has 2 atom stereocenters. The maximum atomic E-state index is 12.1. The molecule has 0 aromatic heterocycles. The molecule has 1 rings (SSSR count). The highest BCUT2D eigenvalue weighted by Crippen LogP contribution is 2.19. The second-order valence-electron chi connectivity index (χ2n) is 5.74. The SMILES string of the molecule is CC(=O)N(CC1CCCCN1C(=O)C(C)N)C(C)C. The molecule has 1 aliphatic rings. The lowest BCUT2D eigenvalue weighted by atomic mass is 10.00. The van der Waals surface area contributed by atoms with E-state index in [0.717, 1.165) is 25.8 Å². The molecule has 110 valence electrons. The van der Waals surface area contributed by atoms with E-state index in [0.29, 0.717) is 6.54 Å². The number of amides is 2. The van der Waals surface area contributed by atoms with E-state index in [1.807, 2.05) is 23.6 Å². The number of nitrogens with two attached hydrogens (primary N) is 1. The van der Waals surface area contributed by atoms with Gasteiger partial charge in [-0.15, -0.1) is 0 Å². The minimum absolute atomic E-state index is 0.00282. The van der Waals surface area contributed by atoms with Crippen LogP contribution >= 0.6 is 0 Å². The van der Waals surface area contributed by atoms with Crippen molar-refractivity contribution in [1.29, 1.82) is 0 Å². The van der Waals surface area contributed by atoms with E-state index in [9.17, 15) is 9.59 Å². The third-order valence-electron chi connectivity index (χ3n) is 3.74. The number of carbonyl (C=O) groups is 2. The van der Waals surface area contributed by atoms with Crippen LogP contribution in [0.25, 0.3) is 0 Å². The van der Waals surface area contributed by atoms with Gasteiger partial charge in [0, 0.05) is 32.1 Å². The number of carbonyl (C=O) groups excluding carboxylic acids is 2. The first-order valence-corrected chi connectivity index (χ1v) is 7.17. The summed E-state index contributed by atoms with van der Waals surface area (Å²) < 4.78 is 0. The zero-order valence-electron chi connectivity index (χ0n) is 12.6. The average molecular weight is 269 g/mol. The summed E-state index contributed by atoms with van der Waals surface area (Å²) in [5.41, 5.74) is 5.71. The fourth-order valence-corrected chi connectivity index (χ4v) is 2.67. The third-order valence-corrected chi connectivity index (χ3v) is 3.74. The minimum Gasteiger partial charge on any atom is -0.338 e. The van der Waals surface area contributed by atoms with Gasteiger partial charge in [0.25, 0.3) is 0 Å². The molecule has 0 aromatic rings. The zero-order chi connectivity index (χ0) is 14.6. The van der Waals surface area contributed by atoms with Gasteiger partial charge in [-0.25, -0.2) is 0 Å². The summed E-state index contributed by atoms with van der Waals surface area (Å²) in [5, 5.41) is 0. The summed E-state index contributed by atoms with van der Waals surface area (Å²) in [6, 6.07) is -0.198. The van der Waals surface area contributed by atoms with Gasteiger partial charge < -0.3 is 15.5 Å². The van der Waals surface area contributed by atoms with E-state index >= 15 is 0 Å². The van der Waals surface area contributed by atoms with Crippen LogP contribution in [0, 0.1) is 0 Å². The standard InChI is InChI=1S/C14H27N3O2/c1-10(2)17(12(4)18)9-13-7-5-6-8-16(13)14(19)11(3)15/h10-11,13H,5-9,15H2,1-4H3. The molecule has 0 aromatic carbocycles. The molecule has 5 nitrogen and oxygen atoms in total. The molecule has 0 saturated carbocycles. The summed E-state index contributed by atoms with van der Waals surface area (Å²) in [6.45, 7) is 8.68. The van der Waals surface area contributed by atoms with Gasteiger partial charge in [-0.1, -0.05) is 0 Å². The van der Waals surface area contributed by atoms with Crippen molar-refractivity contribution >= 4 is 11.8 Å². The van der Waals surface area contributed by atoms with Crippen LogP contribution in [0.1, 0.15) is 47.0 Å². The van der Waals surface area contributed by atoms with Gasteiger partial charge in [0.15, 0.2) is 0 Å². The Kier molecular flexibility index (Phi) is 5.79. The first-order valence-electron chi connectivity index (χ1n) is 7.17. The lowest BCUT2D eigenvalue weighted by Crippen LogP contribution is -2.54. The van der Waals surface area contributed by atoms with Crippen LogP contribution < -0.4 is 5.73 Å². The van der Waals surface area contributed by atoms with Crippen LogP contribution in [0.2, 0.25) is 0 Å². The predicted octanol–water partition coefficient (Wildman–Crippen LogP) is 0.972. The van der Waals surface area contributed by atoms with Gasteiger partial charge >= 0.3 is 0 Å². The molecule has 0 aliphatic carbocycles. The summed E-state index contributed by atoms with van der Waals surface area (Å²) in [6.07, 6.45) is 3.09. The normalized spacial score (nSPS) is 21.4. The van der Waals surface area contributed by atoms with E-state index in [4.69, 9.17) is 5.73 Å². The summed E-state index contributed by atoms with van der Waals surface area (Å²) in [4.78, 5) is 27.5. The molecular formula is C14H27N3O2. The highest BCUT2D eigenvalue weighted by atomic mass is 16.2. The molecule has 1 fully saturated rings. The number of likely N-dealkylation sites (tertiary alicyclic amines) is 1. The smallest absolute Gasteiger partial charge is 0.239 e. The molecule has 0 bridgehead atoms. The molecule has 19 heavy (non-hydrogen) atoms. The number of rotatable bonds is 4. The first-order chi connectivity index (χ1) is 8.84. The molecule has 5 heteroatoms. The van der Waals surface area contributed by atoms with Crippen LogP contribution in [-0.4, -0.2) is 52.8 Å². The molecule has 2 amide bonds. The van der Waals surface area contributed by atoms with Crippen molar-refractivity contribution in [1.82, 2.24) is 9.80 Å².